The molecule has 0 aromatic heterocycles. The lowest BCUT2D eigenvalue weighted by Gasteiger charge is -2.35. The zero-order valence-electron chi connectivity index (χ0n) is 8.28. The van der Waals surface area contributed by atoms with Gasteiger partial charge in [0.25, 0.3) is 5.91 Å². The van der Waals surface area contributed by atoms with Gasteiger partial charge in [0.1, 0.15) is 5.82 Å². The van der Waals surface area contributed by atoms with Gasteiger partial charge < -0.3 is 4.90 Å². The zero-order valence-corrected chi connectivity index (χ0v) is 9.87. The van der Waals surface area contributed by atoms with Gasteiger partial charge in [0.05, 0.1) is 17.6 Å². The molecule has 1 aromatic carbocycles. The van der Waals surface area contributed by atoms with Gasteiger partial charge in [-0.3, -0.25) is 4.79 Å². The number of carbonyl (C=O) groups excluding carboxylic acids is 1. The van der Waals surface area contributed by atoms with Crippen molar-refractivity contribution >= 4 is 21.8 Å². The molecular weight excluding hydrogens is 275 g/mol. The lowest BCUT2D eigenvalue weighted by atomic mass is 10.0. The quantitative estimate of drug-likeness (QED) is 0.793. The number of hydrogen-bond donors (Lipinski definition) is 0. The van der Waals surface area contributed by atoms with Gasteiger partial charge in [-0.25, -0.2) is 4.39 Å². The lowest BCUT2D eigenvalue weighted by molar-refractivity contribution is 0.0576. The summed E-state index contributed by atoms with van der Waals surface area (Å²) in [6, 6.07) is 6.05. The summed E-state index contributed by atoms with van der Waals surface area (Å²) in [5, 5.41) is 8.60. The highest BCUT2D eigenvalue weighted by molar-refractivity contribution is 9.10. The summed E-state index contributed by atoms with van der Waals surface area (Å²) in [5.41, 5.74) is 0.429. The van der Waals surface area contributed by atoms with Gasteiger partial charge in [-0.1, -0.05) is 0 Å². The summed E-state index contributed by atoms with van der Waals surface area (Å²) in [5.74, 6) is -0.622. The van der Waals surface area contributed by atoms with Crippen molar-refractivity contribution in [3.8, 4) is 6.07 Å². The number of likely N-dealkylation sites (tertiary alicyclic amines) is 1. The first-order valence-corrected chi connectivity index (χ1v) is 5.55. The first kappa shape index (κ1) is 11.1. The first-order valence-electron chi connectivity index (χ1n) is 4.75. The molecule has 1 saturated heterocycles. The van der Waals surface area contributed by atoms with Crippen molar-refractivity contribution in [2.24, 2.45) is 5.92 Å². The second kappa shape index (κ2) is 4.22. The van der Waals surface area contributed by atoms with Crippen LogP contribution in [0.1, 0.15) is 10.4 Å². The molecule has 0 radical (unpaired) electrons. The Labute approximate surface area is 101 Å². The molecule has 2 rings (SSSR count). The van der Waals surface area contributed by atoms with Crippen molar-refractivity contribution in [3.05, 3.63) is 34.1 Å². The third kappa shape index (κ3) is 1.93. The molecule has 0 bridgehead atoms. The Kier molecular flexibility index (Phi) is 2.92. The van der Waals surface area contributed by atoms with Crippen LogP contribution in [0.3, 0.4) is 0 Å². The van der Waals surface area contributed by atoms with Crippen molar-refractivity contribution in [1.82, 2.24) is 4.90 Å². The summed E-state index contributed by atoms with van der Waals surface area (Å²) in [6.07, 6.45) is 0. The average Bonchev–Trinajstić information content (AvgIpc) is 2.15. The number of nitriles is 1. The number of amides is 1. The van der Waals surface area contributed by atoms with Gasteiger partial charge in [0, 0.05) is 17.6 Å². The van der Waals surface area contributed by atoms with E-state index in [1.807, 2.05) is 0 Å². The Morgan fingerprint density at radius 2 is 2.25 bits per heavy atom. The van der Waals surface area contributed by atoms with E-state index in [-0.39, 0.29) is 17.6 Å². The molecule has 1 aliphatic heterocycles. The summed E-state index contributed by atoms with van der Waals surface area (Å²) in [4.78, 5) is 13.5. The van der Waals surface area contributed by atoms with E-state index in [9.17, 15) is 9.18 Å². The Morgan fingerprint density at radius 3 is 2.81 bits per heavy atom. The number of benzene rings is 1. The Balaban J connectivity index is 2.14. The van der Waals surface area contributed by atoms with E-state index in [4.69, 9.17) is 5.26 Å². The van der Waals surface area contributed by atoms with E-state index in [0.29, 0.717) is 23.1 Å². The maximum atomic E-state index is 12.8. The molecule has 0 unspecified atom stereocenters. The standard InChI is InChI=1S/C11H8BrFN2O/c12-10-3-8(13)1-2-9(10)11(16)15-5-7(4-14)6-15/h1-3,7H,5-6H2. The van der Waals surface area contributed by atoms with E-state index in [1.165, 1.54) is 18.2 Å². The number of nitrogens with zero attached hydrogens (tertiary/aromatic N) is 2. The maximum Gasteiger partial charge on any atom is 0.255 e. The van der Waals surface area contributed by atoms with Crippen molar-refractivity contribution < 1.29 is 9.18 Å². The van der Waals surface area contributed by atoms with Gasteiger partial charge in [-0.2, -0.15) is 5.26 Å². The normalized spacial score (nSPS) is 15.4. The average molecular weight is 283 g/mol. The minimum atomic E-state index is -0.387. The molecule has 1 amide bonds. The Bertz CT molecular complexity index is 477. The molecule has 1 heterocycles. The summed E-state index contributed by atoms with van der Waals surface area (Å²) in [7, 11) is 0. The van der Waals surface area contributed by atoms with Gasteiger partial charge >= 0.3 is 0 Å². The van der Waals surface area contributed by atoms with Crippen LogP contribution in [0.15, 0.2) is 22.7 Å². The third-order valence-electron chi connectivity index (χ3n) is 2.51. The summed E-state index contributed by atoms with van der Waals surface area (Å²) < 4.78 is 13.3. The molecule has 1 aliphatic rings. The fraction of sp³-hybridized carbons (Fsp3) is 0.273. The summed E-state index contributed by atoms with van der Waals surface area (Å²) >= 11 is 3.15. The number of carbonyl (C=O) groups is 1. The fourth-order valence-corrected chi connectivity index (χ4v) is 2.08. The van der Waals surface area contributed by atoms with Crippen LogP contribution in [0, 0.1) is 23.1 Å². The minimum absolute atomic E-state index is 0.0665. The second-order valence-corrected chi connectivity index (χ2v) is 4.51. The SMILES string of the molecule is N#CC1CN(C(=O)c2ccc(F)cc2Br)C1. The molecular formula is C11H8BrFN2O. The molecule has 0 atom stereocenters. The Morgan fingerprint density at radius 1 is 1.56 bits per heavy atom. The maximum absolute atomic E-state index is 12.8. The smallest absolute Gasteiger partial charge is 0.255 e. The van der Waals surface area contributed by atoms with Crippen molar-refractivity contribution in [1.29, 1.82) is 5.26 Å². The van der Waals surface area contributed by atoms with Gasteiger partial charge in [0.2, 0.25) is 0 Å². The number of rotatable bonds is 1. The van der Waals surface area contributed by atoms with E-state index >= 15 is 0 Å². The number of hydrogen-bond acceptors (Lipinski definition) is 2. The molecule has 0 N–H and O–H groups in total. The van der Waals surface area contributed by atoms with Crippen LogP contribution in [-0.4, -0.2) is 23.9 Å². The van der Waals surface area contributed by atoms with Crippen LogP contribution < -0.4 is 0 Å². The van der Waals surface area contributed by atoms with E-state index in [1.54, 1.807) is 4.90 Å². The van der Waals surface area contributed by atoms with Crippen LogP contribution >= 0.6 is 15.9 Å². The van der Waals surface area contributed by atoms with Crippen molar-refractivity contribution in [2.75, 3.05) is 13.1 Å². The second-order valence-electron chi connectivity index (χ2n) is 3.66. The Hall–Kier alpha value is -1.41. The molecule has 5 heteroatoms. The highest BCUT2D eigenvalue weighted by Gasteiger charge is 2.31. The van der Waals surface area contributed by atoms with Gasteiger partial charge in [0.15, 0.2) is 0 Å². The van der Waals surface area contributed by atoms with Crippen LogP contribution in [-0.2, 0) is 0 Å². The predicted octanol–water partition coefficient (Wildman–Crippen LogP) is 2.18. The molecule has 3 nitrogen and oxygen atoms in total. The van der Waals surface area contributed by atoms with E-state index in [2.05, 4.69) is 22.0 Å². The van der Waals surface area contributed by atoms with Crippen LogP contribution in [0.25, 0.3) is 0 Å². The largest absolute Gasteiger partial charge is 0.336 e. The predicted molar refractivity (Wildman–Crippen MR) is 59.1 cm³/mol. The molecule has 0 spiro atoms. The zero-order chi connectivity index (χ0) is 11.7. The molecule has 1 fully saturated rings. The van der Waals surface area contributed by atoms with Crippen molar-refractivity contribution in [3.63, 3.8) is 0 Å². The van der Waals surface area contributed by atoms with E-state index < -0.39 is 0 Å². The highest BCUT2D eigenvalue weighted by Crippen LogP contribution is 2.23. The molecule has 0 saturated carbocycles. The fourth-order valence-electron chi connectivity index (χ4n) is 1.56. The molecule has 16 heavy (non-hydrogen) atoms. The molecule has 82 valence electrons. The van der Waals surface area contributed by atoms with Crippen molar-refractivity contribution in [2.45, 2.75) is 0 Å². The number of halogens is 2. The molecule has 0 aliphatic carbocycles. The first-order chi connectivity index (χ1) is 7.61. The van der Waals surface area contributed by atoms with Crippen LogP contribution in [0.4, 0.5) is 4.39 Å². The lowest BCUT2D eigenvalue weighted by Crippen LogP contribution is -2.49. The topological polar surface area (TPSA) is 44.1 Å². The van der Waals surface area contributed by atoms with Crippen LogP contribution in [0.5, 0.6) is 0 Å². The van der Waals surface area contributed by atoms with Gasteiger partial charge in [-0.15, -0.1) is 0 Å². The molecule has 1 aromatic rings. The minimum Gasteiger partial charge on any atom is -0.336 e. The monoisotopic (exact) mass is 282 g/mol. The highest BCUT2D eigenvalue weighted by atomic mass is 79.9. The van der Waals surface area contributed by atoms with Crippen LogP contribution in [0.2, 0.25) is 0 Å². The van der Waals surface area contributed by atoms with Gasteiger partial charge in [-0.05, 0) is 34.1 Å². The third-order valence-corrected chi connectivity index (χ3v) is 3.17. The van der Waals surface area contributed by atoms with E-state index in [0.717, 1.165) is 0 Å². The summed E-state index contributed by atoms with van der Waals surface area (Å²) in [6.45, 7) is 0.915.